The number of amides is 1. The van der Waals surface area contributed by atoms with Crippen LogP contribution in [-0.4, -0.2) is 36.5 Å². The average Bonchev–Trinajstić information content (AvgIpc) is 3.56. The molecule has 5 nitrogen and oxygen atoms in total. The second-order valence-corrected chi connectivity index (χ2v) is 7.67. The Morgan fingerprint density at radius 2 is 1.68 bits per heavy atom. The molecule has 2 aromatic carbocycles. The molecule has 148 valence electrons. The van der Waals surface area contributed by atoms with Gasteiger partial charge in [0, 0.05) is 12.6 Å². The Labute approximate surface area is 166 Å². The highest BCUT2D eigenvalue weighted by atomic mass is 16.5. The standard InChI is InChI=1S/C23H27NO4/c1-23(2,18-7-5-4-6-8-18)22(26)28-16-21(25)24(19-11-12-19)15-17-9-13-20(27-3)14-10-17/h4-10,13-14,19H,11-12,15-16H2,1-3H3. The Kier molecular flexibility index (Phi) is 6.02. The Bertz CT molecular complexity index is 810. The highest BCUT2D eigenvalue weighted by Crippen LogP contribution is 2.29. The van der Waals surface area contributed by atoms with Crippen LogP contribution in [0, 0.1) is 0 Å². The van der Waals surface area contributed by atoms with E-state index in [4.69, 9.17) is 9.47 Å². The molecule has 0 aliphatic heterocycles. The minimum absolute atomic E-state index is 0.157. The van der Waals surface area contributed by atoms with Crippen molar-refractivity contribution >= 4 is 11.9 Å². The molecule has 1 aliphatic carbocycles. The molecular weight excluding hydrogens is 354 g/mol. The molecule has 0 aromatic heterocycles. The Morgan fingerprint density at radius 3 is 2.25 bits per heavy atom. The lowest BCUT2D eigenvalue weighted by Gasteiger charge is -2.25. The van der Waals surface area contributed by atoms with Crippen LogP contribution in [0.5, 0.6) is 5.75 Å². The van der Waals surface area contributed by atoms with Gasteiger partial charge in [0.15, 0.2) is 6.61 Å². The van der Waals surface area contributed by atoms with Crippen LogP contribution < -0.4 is 4.74 Å². The van der Waals surface area contributed by atoms with Gasteiger partial charge in [0.25, 0.3) is 5.91 Å². The zero-order chi connectivity index (χ0) is 20.1. The van der Waals surface area contributed by atoms with Gasteiger partial charge in [0.2, 0.25) is 0 Å². The van der Waals surface area contributed by atoms with Crippen LogP contribution in [0.2, 0.25) is 0 Å². The summed E-state index contributed by atoms with van der Waals surface area (Å²) in [6, 6.07) is 17.4. The molecule has 1 saturated carbocycles. The van der Waals surface area contributed by atoms with E-state index in [9.17, 15) is 9.59 Å². The van der Waals surface area contributed by atoms with Crippen LogP contribution in [-0.2, 0) is 26.3 Å². The molecule has 2 aromatic rings. The van der Waals surface area contributed by atoms with Gasteiger partial charge >= 0.3 is 5.97 Å². The predicted octanol–water partition coefficient (Wildman–Crippen LogP) is 3.71. The first kappa shape index (κ1) is 19.9. The summed E-state index contributed by atoms with van der Waals surface area (Å²) in [5.74, 6) is 0.230. The van der Waals surface area contributed by atoms with Gasteiger partial charge in [-0.2, -0.15) is 0 Å². The lowest BCUT2D eigenvalue weighted by atomic mass is 9.85. The summed E-state index contributed by atoms with van der Waals surface area (Å²) in [4.78, 5) is 27.2. The van der Waals surface area contributed by atoms with E-state index in [0.717, 1.165) is 29.7 Å². The van der Waals surface area contributed by atoms with Crippen molar-refractivity contribution in [1.82, 2.24) is 4.90 Å². The fourth-order valence-electron chi connectivity index (χ4n) is 3.10. The number of hydrogen-bond donors (Lipinski definition) is 0. The van der Waals surface area contributed by atoms with Gasteiger partial charge in [-0.3, -0.25) is 9.59 Å². The molecule has 0 radical (unpaired) electrons. The first-order valence-corrected chi connectivity index (χ1v) is 9.57. The number of benzene rings is 2. The fraction of sp³-hybridized carbons (Fsp3) is 0.391. The van der Waals surface area contributed by atoms with Crippen molar-refractivity contribution in [2.24, 2.45) is 0 Å². The second-order valence-electron chi connectivity index (χ2n) is 7.67. The smallest absolute Gasteiger partial charge is 0.316 e. The third-order valence-electron chi connectivity index (χ3n) is 5.15. The largest absolute Gasteiger partial charge is 0.497 e. The van der Waals surface area contributed by atoms with Gasteiger partial charge in [-0.05, 0) is 49.9 Å². The highest BCUT2D eigenvalue weighted by molar-refractivity contribution is 5.86. The van der Waals surface area contributed by atoms with Gasteiger partial charge < -0.3 is 14.4 Å². The van der Waals surface area contributed by atoms with Crippen molar-refractivity contribution in [3.63, 3.8) is 0 Å². The van der Waals surface area contributed by atoms with E-state index in [-0.39, 0.29) is 18.6 Å². The monoisotopic (exact) mass is 381 g/mol. The highest BCUT2D eigenvalue weighted by Gasteiger charge is 2.35. The summed E-state index contributed by atoms with van der Waals surface area (Å²) in [5.41, 5.74) is 1.09. The first-order valence-electron chi connectivity index (χ1n) is 9.57. The lowest BCUT2D eigenvalue weighted by molar-refractivity contribution is -0.156. The Hall–Kier alpha value is -2.82. The van der Waals surface area contributed by atoms with Gasteiger partial charge in [-0.1, -0.05) is 42.5 Å². The van der Waals surface area contributed by atoms with E-state index in [1.54, 1.807) is 7.11 Å². The third-order valence-corrected chi connectivity index (χ3v) is 5.15. The third kappa shape index (κ3) is 4.71. The molecule has 0 bridgehead atoms. The van der Waals surface area contributed by atoms with Crippen LogP contribution in [0.15, 0.2) is 54.6 Å². The maximum absolute atomic E-state index is 12.7. The molecule has 28 heavy (non-hydrogen) atoms. The molecule has 0 spiro atoms. The zero-order valence-electron chi connectivity index (χ0n) is 16.7. The maximum atomic E-state index is 12.7. The number of nitrogens with zero attached hydrogens (tertiary/aromatic N) is 1. The fourth-order valence-corrected chi connectivity index (χ4v) is 3.10. The van der Waals surface area contributed by atoms with Crippen molar-refractivity contribution in [2.75, 3.05) is 13.7 Å². The summed E-state index contributed by atoms with van der Waals surface area (Å²) in [6.07, 6.45) is 1.98. The molecule has 0 atom stereocenters. The normalized spacial score (nSPS) is 13.7. The van der Waals surface area contributed by atoms with Gasteiger partial charge in [0.05, 0.1) is 12.5 Å². The SMILES string of the molecule is COc1ccc(CN(C(=O)COC(=O)C(C)(C)c2ccccc2)C2CC2)cc1. The number of esters is 1. The van der Waals surface area contributed by atoms with Crippen molar-refractivity contribution < 1.29 is 19.1 Å². The minimum Gasteiger partial charge on any atom is -0.497 e. The van der Waals surface area contributed by atoms with E-state index in [2.05, 4.69) is 0 Å². The number of carbonyl (C=O) groups is 2. The number of carbonyl (C=O) groups excluding carboxylic acids is 2. The molecule has 1 aliphatic rings. The van der Waals surface area contributed by atoms with E-state index in [0.29, 0.717) is 6.54 Å². The summed E-state index contributed by atoms with van der Waals surface area (Å²) in [5, 5.41) is 0. The lowest BCUT2D eigenvalue weighted by Crippen LogP contribution is -2.38. The van der Waals surface area contributed by atoms with E-state index in [1.807, 2.05) is 73.3 Å². The topological polar surface area (TPSA) is 55.8 Å². The zero-order valence-corrected chi connectivity index (χ0v) is 16.7. The minimum atomic E-state index is -0.804. The summed E-state index contributed by atoms with van der Waals surface area (Å²) < 4.78 is 10.6. The molecule has 1 fully saturated rings. The van der Waals surface area contributed by atoms with Crippen LogP contribution >= 0.6 is 0 Å². The number of rotatable bonds is 8. The predicted molar refractivity (Wildman–Crippen MR) is 107 cm³/mol. The summed E-state index contributed by atoms with van der Waals surface area (Å²) in [7, 11) is 1.63. The second kappa shape index (κ2) is 8.46. The molecule has 0 saturated heterocycles. The van der Waals surface area contributed by atoms with Gasteiger partial charge in [-0.15, -0.1) is 0 Å². The number of hydrogen-bond acceptors (Lipinski definition) is 4. The molecule has 5 heteroatoms. The quantitative estimate of drug-likeness (QED) is 0.654. The van der Waals surface area contributed by atoms with E-state index in [1.165, 1.54) is 0 Å². The molecule has 1 amide bonds. The van der Waals surface area contributed by atoms with Crippen molar-refractivity contribution in [2.45, 2.75) is 44.7 Å². The van der Waals surface area contributed by atoms with Crippen molar-refractivity contribution in [3.8, 4) is 5.75 Å². The molecular formula is C23H27NO4. The van der Waals surface area contributed by atoms with Gasteiger partial charge in [0.1, 0.15) is 5.75 Å². The summed E-state index contributed by atoms with van der Waals surface area (Å²) >= 11 is 0. The van der Waals surface area contributed by atoms with Crippen LogP contribution in [0.4, 0.5) is 0 Å². The molecule has 0 unspecified atom stereocenters. The molecule has 0 heterocycles. The maximum Gasteiger partial charge on any atom is 0.316 e. The van der Waals surface area contributed by atoms with Crippen LogP contribution in [0.1, 0.15) is 37.8 Å². The van der Waals surface area contributed by atoms with E-state index >= 15 is 0 Å². The first-order chi connectivity index (χ1) is 13.4. The van der Waals surface area contributed by atoms with Crippen LogP contribution in [0.3, 0.4) is 0 Å². The van der Waals surface area contributed by atoms with Crippen molar-refractivity contribution in [1.29, 1.82) is 0 Å². The number of ether oxygens (including phenoxy) is 2. The van der Waals surface area contributed by atoms with Crippen LogP contribution in [0.25, 0.3) is 0 Å². The Morgan fingerprint density at radius 1 is 1.04 bits per heavy atom. The van der Waals surface area contributed by atoms with E-state index < -0.39 is 11.4 Å². The molecule has 0 N–H and O–H groups in total. The average molecular weight is 381 g/mol. The summed E-state index contributed by atoms with van der Waals surface area (Å²) in [6.45, 7) is 3.89. The molecule has 3 rings (SSSR count). The number of methoxy groups -OCH3 is 1. The Balaban J connectivity index is 1.60. The van der Waals surface area contributed by atoms with Gasteiger partial charge in [-0.25, -0.2) is 0 Å². The van der Waals surface area contributed by atoms with Crippen molar-refractivity contribution in [3.05, 3.63) is 65.7 Å².